The predicted molar refractivity (Wildman–Crippen MR) is 85.1 cm³/mol. The summed E-state index contributed by atoms with van der Waals surface area (Å²) in [5, 5.41) is 1.27. The summed E-state index contributed by atoms with van der Waals surface area (Å²) in [6, 6.07) is 9.35. The van der Waals surface area contributed by atoms with Crippen molar-refractivity contribution in [3.63, 3.8) is 0 Å². The maximum Gasteiger partial charge on any atom is 0.200 e. The van der Waals surface area contributed by atoms with Crippen molar-refractivity contribution >= 4 is 60.5 Å². The molecule has 18 heavy (non-hydrogen) atoms. The highest BCUT2D eigenvalue weighted by Crippen LogP contribution is 2.25. The van der Waals surface area contributed by atoms with Gasteiger partial charge in [-0.15, -0.1) is 0 Å². The molecule has 0 fully saturated rings. The quantitative estimate of drug-likeness (QED) is 0.397. The highest BCUT2D eigenvalue weighted by atomic mass is 127. The highest BCUT2D eigenvalue weighted by Gasteiger charge is 2.09. The molecular formula is C14H8BrIO2. The van der Waals surface area contributed by atoms with Gasteiger partial charge >= 0.3 is 0 Å². The zero-order valence-corrected chi connectivity index (χ0v) is 13.2. The van der Waals surface area contributed by atoms with E-state index in [1.54, 1.807) is 0 Å². The average molecular weight is 415 g/mol. The maximum absolute atomic E-state index is 12.4. The van der Waals surface area contributed by atoms with Crippen LogP contribution in [-0.4, -0.2) is 0 Å². The van der Waals surface area contributed by atoms with E-state index in [4.69, 9.17) is 4.42 Å². The van der Waals surface area contributed by atoms with Crippen LogP contribution in [0.4, 0.5) is 0 Å². The number of aryl methyl sites for hydroxylation is 1. The molecular weight excluding hydrogens is 407 g/mol. The Kier molecular flexibility index (Phi) is 2.94. The van der Waals surface area contributed by atoms with Gasteiger partial charge in [-0.25, -0.2) is 0 Å². The zero-order valence-electron chi connectivity index (χ0n) is 9.46. The van der Waals surface area contributed by atoms with Gasteiger partial charge in [-0.3, -0.25) is 4.79 Å². The Balaban J connectivity index is 2.57. The minimum Gasteiger partial charge on any atom is -0.456 e. The molecule has 0 saturated heterocycles. The van der Waals surface area contributed by atoms with Crippen LogP contribution in [0.15, 0.2) is 44.0 Å². The first kappa shape index (κ1) is 12.2. The molecule has 0 saturated carbocycles. The third kappa shape index (κ3) is 1.87. The summed E-state index contributed by atoms with van der Waals surface area (Å²) >= 11 is 5.65. The van der Waals surface area contributed by atoms with Crippen molar-refractivity contribution < 1.29 is 4.42 Å². The van der Waals surface area contributed by atoms with Crippen LogP contribution >= 0.6 is 38.5 Å². The first-order valence-corrected chi connectivity index (χ1v) is 7.25. The van der Waals surface area contributed by atoms with Gasteiger partial charge in [-0.05, 0) is 65.4 Å². The Morgan fingerprint density at radius 2 is 1.83 bits per heavy atom. The third-order valence-electron chi connectivity index (χ3n) is 2.91. The van der Waals surface area contributed by atoms with E-state index in [9.17, 15) is 4.79 Å². The van der Waals surface area contributed by atoms with Gasteiger partial charge in [0.25, 0.3) is 0 Å². The molecule has 1 aromatic heterocycles. The summed E-state index contributed by atoms with van der Waals surface area (Å²) < 4.78 is 7.76. The van der Waals surface area contributed by atoms with Gasteiger partial charge in [0.15, 0.2) is 0 Å². The summed E-state index contributed by atoms with van der Waals surface area (Å²) in [6.45, 7) is 1.96. The van der Waals surface area contributed by atoms with E-state index in [2.05, 4.69) is 38.5 Å². The molecule has 0 N–H and O–H groups in total. The summed E-state index contributed by atoms with van der Waals surface area (Å²) in [6.07, 6.45) is 0. The lowest BCUT2D eigenvalue weighted by Gasteiger charge is -2.04. The van der Waals surface area contributed by atoms with Gasteiger partial charge in [0, 0.05) is 8.04 Å². The lowest BCUT2D eigenvalue weighted by molar-refractivity contribution is 0.659. The lowest BCUT2D eigenvalue weighted by atomic mass is 10.1. The Bertz CT molecular complexity index is 836. The van der Waals surface area contributed by atoms with E-state index in [-0.39, 0.29) is 5.43 Å². The molecule has 0 aliphatic heterocycles. The summed E-state index contributed by atoms with van der Waals surface area (Å²) in [7, 11) is 0. The Morgan fingerprint density at radius 3 is 2.61 bits per heavy atom. The second kappa shape index (κ2) is 4.35. The van der Waals surface area contributed by atoms with Crippen LogP contribution in [0, 0.1) is 10.5 Å². The molecule has 2 nitrogen and oxygen atoms in total. The second-order valence-electron chi connectivity index (χ2n) is 4.17. The van der Waals surface area contributed by atoms with E-state index in [1.807, 2.05) is 37.3 Å². The average Bonchev–Trinajstić information content (AvgIpc) is 2.33. The van der Waals surface area contributed by atoms with Gasteiger partial charge in [0.05, 0.1) is 10.8 Å². The van der Waals surface area contributed by atoms with Gasteiger partial charge in [-0.2, -0.15) is 0 Å². The van der Waals surface area contributed by atoms with Crippen molar-refractivity contribution in [2.45, 2.75) is 6.92 Å². The second-order valence-corrected chi connectivity index (χ2v) is 6.27. The van der Waals surface area contributed by atoms with Gasteiger partial charge in [0.1, 0.15) is 11.2 Å². The van der Waals surface area contributed by atoms with Crippen LogP contribution in [0.5, 0.6) is 0 Å². The van der Waals surface area contributed by atoms with Gasteiger partial charge < -0.3 is 4.42 Å². The predicted octanol–water partition coefficient (Wildman–Crippen LogP) is 4.62. The van der Waals surface area contributed by atoms with Crippen molar-refractivity contribution in [1.82, 2.24) is 0 Å². The van der Waals surface area contributed by atoms with Crippen molar-refractivity contribution in [1.29, 1.82) is 0 Å². The molecule has 0 aliphatic rings. The first-order valence-electron chi connectivity index (χ1n) is 5.38. The number of benzene rings is 2. The molecule has 1 heterocycles. The fourth-order valence-electron chi connectivity index (χ4n) is 1.96. The van der Waals surface area contributed by atoms with E-state index in [0.717, 1.165) is 13.6 Å². The molecule has 90 valence electrons. The zero-order chi connectivity index (χ0) is 12.9. The Labute approximate surface area is 125 Å². The first-order chi connectivity index (χ1) is 8.56. The minimum absolute atomic E-state index is 0.0281. The molecule has 0 aliphatic carbocycles. The van der Waals surface area contributed by atoms with Crippen molar-refractivity contribution in [3.8, 4) is 0 Å². The number of hydrogen-bond donors (Lipinski definition) is 0. The number of halogens is 2. The van der Waals surface area contributed by atoms with Crippen LogP contribution in [0.1, 0.15) is 5.56 Å². The van der Waals surface area contributed by atoms with Crippen molar-refractivity contribution in [3.05, 3.63) is 54.2 Å². The van der Waals surface area contributed by atoms with E-state index >= 15 is 0 Å². The van der Waals surface area contributed by atoms with E-state index in [0.29, 0.717) is 21.9 Å². The fraction of sp³-hybridized carbons (Fsp3) is 0.0714. The highest BCUT2D eigenvalue weighted by molar-refractivity contribution is 14.1. The normalized spacial score (nSPS) is 11.3. The fourth-order valence-corrected chi connectivity index (χ4v) is 2.77. The molecule has 0 unspecified atom stereocenters. The molecule has 0 spiro atoms. The molecule has 0 atom stereocenters. The topological polar surface area (TPSA) is 30.2 Å². The molecule has 3 aromatic rings. The number of fused-ring (bicyclic) bond motifs is 2. The minimum atomic E-state index is 0.0281. The molecule has 0 radical (unpaired) electrons. The standard InChI is InChI=1S/C14H8BrIO2/c1-7-4-9-13(6-11(7)15)18-12-3-2-8(16)5-10(12)14(9)17/h2-6H,1H3. The Morgan fingerprint density at radius 1 is 1.11 bits per heavy atom. The molecule has 4 heteroatoms. The monoisotopic (exact) mass is 414 g/mol. The van der Waals surface area contributed by atoms with Crippen molar-refractivity contribution in [2.75, 3.05) is 0 Å². The van der Waals surface area contributed by atoms with Crippen molar-refractivity contribution in [2.24, 2.45) is 0 Å². The molecule has 2 aromatic carbocycles. The van der Waals surface area contributed by atoms with E-state index in [1.165, 1.54) is 0 Å². The Hall–Kier alpha value is -0.880. The van der Waals surface area contributed by atoms with Gasteiger partial charge in [-0.1, -0.05) is 15.9 Å². The molecule has 0 bridgehead atoms. The summed E-state index contributed by atoms with van der Waals surface area (Å²) in [5.41, 5.74) is 2.30. The smallest absolute Gasteiger partial charge is 0.200 e. The third-order valence-corrected chi connectivity index (χ3v) is 4.44. The van der Waals surface area contributed by atoms with Crippen LogP contribution < -0.4 is 5.43 Å². The number of rotatable bonds is 0. The maximum atomic E-state index is 12.4. The molecule has 3 rings (SSSR count). The van der Waals surface area contributed by atoms with Crippen LogP contribution in [0.3, 0.4) is 0 Å². The van der Waals surface area contributed by atoms with Crippen LogP contribution in [0.2, 0.25) is 0 Å². The number of hydrogen-bond acceptors (Lipinski definition) is 2. The molecule has 0 amide bonds. The van der Waals surface area contributed by atoms with E-state index < -0.39 is 0 Å². The van der Waals surface area contributed by atoms with Crippen LogP contribution in [0.25, 0.3) is 21.9 Å². The largest absolute Gasteiger partial charge is 0.456 e. The SMILES string of the molecule is Cc1cc2c(=O)c3cc(I)ccc3oc2cc1Br. The van der Waals surface area contributed by atoms with Crippen LogP contribution in [-0.2, 0) is 0 Å². The summed E-state index contributed by atoms with van der Waals surface area (Å²) in [4.78, 5) is 12.4. The lowest BCUT2D eigenvalue weighted by Crippen LogP contribution is -2.02. The summed E-state index contributed by atoms with van der Waals surface area (Å²) in [5.74, 6) is 0. The van der Waals surface area contributed by atoms with Gasteiger partial charge in [0.2, 0.25) is 5.43 Å².